The number of halogens is 1. The Morgan fingerprint density at radius 1 is 1.12 bits per heavy atom. The van der Waals surface area contributed by atoms with Crippen LogP contribution in [-0.2, 0) is 14.8 Å². The van der Waals surface area contributed by atoms with Gasteiger partial charge in [-0.15, -0.1) is 0 Å². The number of amides is 1. The quantitative estimate of drug-likeness (QED) is 0.656. The lowest BCUT2D eigenvalue weighted by Crippen LogP contribution is -2.48. The van der Waals surface area contributed by atoms with Gasteiger partial charge in [0.2, 0.25) is 15.9 Å². The second kappa shape index (κ2) is 8.77. The Labute approximate surface area is 148 Å². The second-order valence-corrected chi connectivity index (χ2v) is 7.98. The van der Waals surface area contributed by atoms with Crippen molar-refractivity contribution in [2.24, 2.45) is 0 Å². The minimum atomic E-state index is -3.58. The lowest BCUT2D eigenvalue weighted by Gasteiger charge is -2.31. The van der Waals surface area contributed by atoms with Gasteiger partial charge in [-0.25, -0.2) is 13.1 Å². The van der Waals surface area contributed by atoms with Gasteiger partial charge in [0.1, 0.15) is 0 Å². The molecule has 0 spiro atoms. The van der Waals surface area contributed by atoms with Crippen LogP contribution in [0.15, 0.2) is 29.2 Å². The summed E-state index contributed by atoms with van der Waals surface area (Å²) in [6, 6.07) is 5.93. The molecule has 0 saturated carbocycles. The van der Waals surface area contributed by atoms with Crippen LogP contribution in [0.4, 0.5) is 0 Å². The third kappa shape index (κ3) is 6.03. The van der Waals surface area contributed by atoms with Gasteiger partial charge in [-0.05, 0) is 31.3 Å². The third-order valence-corrected chi connectivity index (χ3v) is 5.56. The molecule has 2 N–H and O–H groups in total. The molecule has 0 aromatic heterocycles. The van der Waals surface area contributed by atoms with Crippen molar-refractivity contribution in [3.05, 3.63) is 29.3 Å². The molecule has 2 rings (SSSR count). The molecular weight excluding hydrogens is 352 g/mol. The molecule has 1 aliphatic rings. The van der Waals surface area contributed by atoms with Gasteiger partial charge in [0, 0.05) is 44.3 Å². The van der Waals surface area contributed by atoms with E-state index in [-0.39, 0.29) is 23.9 Å². The summed E-state index contributed by atoms with van der Waals surface area (Å²) in [6.07, 6.45) is 0. The lowest BCUT2D eigenvalue weighted by atomic mass is 10.3. The Morgan fingerprint density at radius 3 is 2.38 bits per heavy atom. The second-order valence-electron chi connectivity index (χ2n) is 5.78. The molecule has 1 heterocycles. The van der Waals surface area contributed by atoms with Gasteiger partial charge in [0.05, 0.1) is 11.4 Å². The van der Waals surface area contributed by atoms with Crippen LogP contribution >= 0.6 is 11.6 Å². The fourth-order valence-corrected chi connectivity index (χ4v) is 3.51. The summed E-state index contributed by atoms with van der Waals surface area (Å²) in [6.45, 7) is 4.37. The van der Waals surface area contributed by atoms with Crippen molar-refractivity contribution in [1.82, 2.24) is 19.8 Å². The predicted molar refractivity (Wildman–Crippen MR) is 93.6 cm³/mol. The zero-order valence-electron chi connectivity index (χ0n) is 13.7. The molecule has 7 nitrogen and oxygen atoms in total. The van der Waals surface area contributed by atoms with E-state index in [1.54, 1.807) is 0 Å². The molecule has 0 atom stereocenters. The third-order valence-electron chi connectivity index (χ3n) is 3.83. The molecule has 9 heteroatoms. The van der Waals surface area contributed by atoms with Gasteiger partial charge in [-0.3, -0.25) is 9.69 Å². The van der Waals surface area contributed by atoms with Gasteiger partial charge in [-0.2, -0.15) is 0 Å². The monoisotopic (exact) mass is 374 g/mol. The maximum absolute atomic E-state index is 12.1. The first-order valence-electron chi connectivity index (χ1n) is 7.80. The highest BCUT2D eigenvalue weighted by atomic mass is 35.5. The van der Waals surface area contributed by atoms with Crippen molar-refractivity contribution in [1.29, 1.82) is 0 Å². The molecule has 1 aromatic rings. The van der Waals surface area contributed by atoms with Crippen molar-refractivity contribution in [3.63, 3.8) is 0 Å². The van der Waals surface area contributed by atoms with E-state index in [1.165, 1.54) is 24.3 Å². The van der Waals surface area contributed by atoms with Crippen molar-refractivity contribution in [2.75, 3.05) is 52.9 Å². The number of hydrogen-bond acceptors (Lipinski definition) is 5. The molecule has 1 aliphatic heterocycles. The fourth-order valence-electron chi connectivity index (χ4n) is 2.35. The highest BCUT2D eigenvalue weighted by molar-refractivity contribution is 7.89. The average Bonchev–Trinajstić information content (AvgIpc) is 2.54. The van der Waals surface area contributed by atoms with Crippen LogP contribution in [0.3, 0.4) is 0 Å². The Balaban J connectivity index is 1.68. The first kappa shape index (κ1) is 19.1. The van der Waals surface area contributed by atoms with Crippen LogP contribution < -0.4 is 10.0 Å². The summed E-state index contributed by atoms with van der Waals surface area (Å²) in [5, 5.41) is 3.21. The Bertz CT molecular complexity index is 643. The highest BCUT2D eigenvalue weighted by Gasteiger charge is 2.17. The first-order chi connectivity index (χ1) is 11.4. The van der Waals surface area contributed by atoms with Crippen LogP contribution in [0.5, 0.6) is 0 Å². The molecule has 0 unspecified atom stereocenters. The largest absolute Gasteiger partial charge is 0.354 e. The van der Waals surface area contributed by atoms with E-state index in [9.17, 15) is 13.2 Å². The highest BCUT2D eigenvalue weighted by Crippen LogP contribution is 2.13. The van der Waals surface area contributed by atoms with Gasteiger partial charge in [-0.1, -0.05) is 11.6 Å². The molecule has 1 saturated heterocycles. The summed E-state index contributed by atoms with van der Waals surface area (Å²) in [7, 11) is -1.52. The summed E-state index contributed by atoms with van der Waals surface area (Å²) in [5.74, 6) is -0.0924. The molecule has 134 valence electrons. The molecule has 1 aromatic carbocycles. The number of likely N-dealkylation sites (N-methyl/N-ethyl adjacent to an activating group) is 1. The number of benzene rings is 1. The van der Waals surface area contributed by atoms with Gasteiger partial charge >= 0.3 is 0 Å². The average molecular weight is 375 g/mol. The molecule has 1 fully saturated rings. The van der Waals surface area contributed by atoms with Crippen molar-refractivity contribution >= 4 is 27.5 Å². The van der Waals surface area contributed by atoms with E-state index < -0.39 is 10.0 Å². The summed E-state index contributed by atoms with van der Waals surface area (Å²) >= 11 is 5.74. The van der Waals surface area contributed by atoms with E-state index in [0.717, 1.165) is 26.2 Å². The van der Waals surface area contributed by atoms with Crippen molar-refractivity contribution in [3.8, 4) is 0 Å². The maximum Gasteiger partial charge on any atom is 0.240 e. The topological polar surface area (TPSA) is 81.8 Å². The molecule has 1 amide bonds. The van der Waals surface area contributed by atoms with Gasteiger partial charge in [0.15, 0.2) is 0 Å². The van der Waals surface area contributed by atoms with Crippen LogP contribution in [0, 0.1) is 0 Å². The predicted octanol–water partition coefficient (Wildman–Crippen LogP) is -0.0181. The van der Waals surface area contributed by atoms with E-state index in [1.807, 2.05) is 0 Å². The molecule has 0 radical (unpaired) electrons. The van der Waals surface area contributed by atoms with Gasteiger partial charge < -0.3 is 10.2 Å². The zero-order valence-corrected chi connectivity index (χ0v) is 15.2. The SMILES string of the molecule is CN1CCN(CC(=O)NCCNS(=O)(=O)c2ccc(Cl)cc2)CC1. The number of nitrogens with zero attached hydrogens (tertiary/aromatic N) is 2. The smallest absolute Gasteiger partial charge is 0.240 e. The number of rotatable bonds is 7. The zero-order chi connectivity index (χ0) is 17.6. The van der Waals surface area contributed by atoms with E-state index in [0.29, 0.717) is 11.6 Å². The summed E-state index contributed by atoms with van der Waals surface area (Å²) in [4.78, 5) is 16.3. The van der Waals surface area contributed by atoms with Crippen LogP contribution in [0.25, 0.3) is 0 Å². The number of carbonyl (C=O) groups is 1. The number of sulfonamides is 1. The normalized spacial score (nSPS) is 16.9. The van der Waals surface area contributed by atoms with Crippen molar-refractivity contribution in [2.45, 2.75) is 4.90 Å². The Morgan fingerprint density at radius 2 is 1.75 bits per heavy atom. The molecular formula is C15H23ClN4O3S. The number of carbonyl (C=O) groups excluding carboxylic acids is 1. The first-order valence-corrected chi connectivity index (χ1v) is 9.66. The number of hydrogen-bond donors (Lipinski definition) is 2. The number of piperazine rings is 1. The minimum absolute atomic E-state index is 0.0924. The Hall–Kier alpha value is -1.19. The molecule has 0 aliphatic carbocycles. The van der Waals surface area contributed by atoms with Gasteiger partial charge in [0.25, 0.3) is 0 Å². The standard InChI is InChI=1S/C15H23ClN4O3S/c1-19-8-10-20(11-9-19)12-15(21)17-6-7-18-24(22,23)14-4-2-13(16)3-5-14/h2-5,18H,6-12H2,1H3,(H,17,21). The lowest BCUT2D eigenvalue weighted by molar-refractivity contribution is -0.122. The number of nitrogens with one attached hydrogen (secondary N) is 2. The fraction of sp³-hybridized carbons (Fsp3) is 0.533. The summed E-state index contributed by atoms with van der Waals surface area (Å²) < 4.78 is 26.6. The van der Waals surface area contributed by atoms with E-state index >= 15 is 0 Å². The van der Waals surface area contributed by atoms with Crippen molar-refractivity contribution < 1.29 is 13.2 Å². The van der Waals surface area contributed by atoms with E-state index in [4.69, 9.17) is 11.6 Å². The molecule has 0 bridgehead atoms. The summed E-state index contributed by atoms with van der Waals surface area (Å²) in [5.41, 5.74) is 0. The van der Waals surface area contributed by atoms with Crippen LogP contribution in [0.1, 0.15) is 0 Å². The minimum Gasteiger partial charge on any atom is -0.354 e. The molecule has 24 heavy (non-hydrogen) atoms. The Kier molecular flexibility index (Phi) is 7.00. The van der Waals surface area contributed by atoms with Crippen LogP contribution in [-0.4, -0.2) is 77.0 Å². The maximum atomic E-state index is 12.1. The van der Waals surface area contributed by atoms with E-state index in [2.05, 4.69) is 26.9 Å². The van der Waals surface area contributed by atoms with Crippen LogP contribution in [0.2, 0.25) is 5.02 Å².